The molecule has 1 aromatic rings. The number of rotatable bonds is 7. The molecule has 6 nitrogen and oxygen atoms in total. The lowest BCUT2D eigenvalue weighted by Gasteiger charge is -2.08. The summed E-state index contributed by atoms with van der Waals surface area (Å²) in [4.78, 5) is 11.5. The summed E-state index contributed by atoms with van der Waals surface area (Å²) in [6.07, 6.45) is 0.785. The zero-order chi connectivity index (χ0) is 14.4. The molecule has 110 valence electrons. The normalized spacial score (nSPS) is 16.4. The van der Waals surface area contributed by atoms with Crippen LogP contribution in [0.4, 0.5) is 0 Å². The Bertz CT molecular complexity index is 464. The number of ether oxygens (including phenoxy) is 3. The fourth-order valence-corrected chi connectivity index (χ4v) is 1.95. The highest BCUT2D eigenvalue weighted by Gasteiger charge is 2.20. The van der Waals surface area contributed by atoms with Crippen molar-refractivity contribution in [3.05, 3.63) is 23.8 Å². The van der Waals surface area contributed by atoms with Crippen LogP contribution in [0.3, 0.4) is 0 Å². The molecule has 20 heavy (non-hydrogen) atoms. The molecular formula is C14H20N2O4. The Morgan fingerprint density at radius 2 is 2.40 bits per heavy atom. The van der Waals surface area contributed by atoms with Crippen molar-refractivity contribution in [2.24, 2.45) is 5.73 Å². The maximum atomic E-state index is 11.5. The van der Waals surface area contributed by atoms with Crippen LogP contribution in [0, 0.1) is 0 Å². The first kappa shape index (κ1) is 14.6. The molecular weight excluding hydrogens is 260 g/mol. The molecule has 0 spiro atoms. The van der Waals surface area contributed by atoms with Gasteiger partial charge in [0.05, 0.1) is 6.04 Å². The maximum Gasteiger partial charge on any atom is 0.257 e. The highest BCUT2D eigenvalue weighted by atomic mass is 16.5. The number of hydrogen-bond donors (Lipinski definition) is 2. The summed E-state index contributed by atoms with van der Waals surface area (Å²) in [5.41, 5.74) is 6.83. The molecule has 2 rings (SSSR count). The smallest absolute Gasteiger partial charge is 0.257 e. The van der Waals surface area contributed by atoms with Crippen LogP contribution in [0.2, 0.25) is 0 Å². The largest absolute Gasteiger partial charge is 0.491 e. The number of amides is 1. The molecule has 1 atom stereocenters. The second kappa shape index (κ2) is 7.12. The maximum absolute atomic E-state index is 11.5. The van der Waals surface area contributed by atoms with Gasteiger partial charge in [0.1, 0.15) is 18.1 Å². The van der Waals surface area contributed by atoms with Crippen LogP contribution in [0.25, 0.3) is 0 Å². The predicted molar refractivity (Wildman–Crippen MR) is 73.9 cm³/mol. The van der Waals surface area contributed by atoms with Gasteiger partial charge in [-0.1, -0.05) is 0 Å². The summed E-state index contributed by atoms with van der Waals surface area (Å²) >= 11 is 0. The average Bonchev–Trinajstić information content (AvgIpc) is 2.82. The number of hydrogen-bond acceptors (Lipinski definition) is 5. The monoisotopic (exact) mass is 280 g/mol. The molecule has 0 bridgehead atoms. The molecule has 3 N–H and O–H groups in total. The van der Waals surface area contributed by atoms with Gasteiger partial charge in [0.25, 0.3) is 5.91 Å². The van der Waals surface area contributed by atoms with Gasteiger partial charge >= 0.3 is 0 Å². The van der Waals surface area contributed by atoms with E-state index < -0.39 is 0 Å². The van der Waals surface area contributed by atoms with Crippen molar-refractivity contribution in [3.63, 3.8) is 0 Å². The molecule has 0 saturated carbocycles. The van der Waals surface area contributed by atoms with Crippen molar-refractivity contribution in [2.45, 2.75) is 12.5 Å². The molecule has 1 heterocycles. The molecule has 0 aromatic heterocycles. The number of methoxy groups -OCH3 is 1. The van der Waals surface area contributed by atoms with Crippen molar-refractivity contribution in [3.8, 4) is 11.5 Å². The number of carbonyl (C=O) groups is 1. The van der Waals surface area contributed by atoms with E-state index in [1.165, 1.54) is 0 Å². The molecule has 0 radical (unpaired) electrons. The first-order chi connectivity index (χ1) is 9.70. The van der Waals surface area contributed by atoms with Crippen molar-refractivity contribution in [1.82, 2.24) is 5.32 Å². The molecule has 0 fully saturated rings. The second-order valence-electron chi connectivity index (χ2n) is 4.60. The lowest BCUT2D eigenvalue weighted by atomic mass is 10.1. The van der Waals surface area contributed by atoms with E-state index in [4.69, 9.17) is 19.9 Å². The SMILES string of the molecule is COCCCNC(=O)COc1ccc2c(c1)OCC2N. The minimum atomic E-state index is -0.153. The van der Waals surface area contributed by atoms with E-state index in [-0.39, 0.29) is 18.6 Å². The van der Waals surface area contributed by atoms with Crippen LogP contribution in [0.15, 0.2) is 18.2 Å². The third-order valence-corrected chi connectivity index (χ3v) is 3.02. The summed E-state index contributed by atoms with van der Waals surface area (Å²) in [6.45, 7) is 1.68. The topological polar surface area (TPSA) is 82.8 Å². The van der Waals surface area contributed by atoms with Crippen LogP contribution < -0.4 is 20.5 Å². The van der Waals surface area contributed by atoms with Gasteiger partial charge in [-0.15, -0.1) is 0 Å². The van der Waals surface area contributed by atoms with Gasteiger partial charge in [0, 0.05) is 31.9 Å². The summed E-state index contributed by atoms with van der Waals surface area (Å²) in [5.74, 6) is 1.18. The lowest BCUT2D eigenvalue weighted by molar-refractivity contribution is -0.123. The molecule has 0 saturated heterocycles. The van der Waals surface area contributed by atoms with Crippen LogP contribution in [-0.4, -0.2) is 39.4 Å². The summed E-state index contributed by atoms with van der Waals surface area (Å²) in [5, 5.41) is 2.75. The molecule has 1 amide bonds. The Kier molecular flexibility index (Phi) is 5.20. The molecule has 1 unspecified atom stereocenters. The van der Waals surface area contributed by atoms with E-state index in [1.54, 1.807) is 19.2 Å². The third-order valence-electron chi connectivity index (χ3n) is 3.02. The van der Waals surface area contributed by atoms with E-state index in [0.717, 1.165) is 17.7 Å². The third kappa shape index (κ3) is 3.85. The highest BCUT2D eigenvalue weighted by Crippen LogP contribution is 2.33. The molecule has 1 aromatic carbocycles. The van der Waals surface area contributed by atoms with Crippen molar-refractivity contribution < 1.29 is 19.0 Å². The first-order valence-corrected chi connectivity index (χ1v) is 6.61. The Hall–Kier alpha value is -1.79. The summed E-state index contributed by atoms with van der Waals surface area (Å²) < 4.78 is 15.7. The standard InChI is InChI=1S/C14H20N2O4/c1-18-6-2-5-16-14(17)9-19-10-3-4-11-12(15)8-20-13(11)7-10/h3-4,7,12H,2,5-6,8-9,15H2,1H3,(H,16,17). The Balaban J connectivity index is 1.75. The van der Waals surface area contributed by atoms with Gasteiger partial charge in [-0.2, -0.15) is 0 Å². The predicted octanol–water partition coefficient (Wildman–Crippen LogP) is 0.610. The fraction of sp³-hybridized carbons (Fsp3) is 0.500. The van der Waals surface area contributed by atoms with E-state index >= 15 is 0 Å². The van der Waals surface area contributed by atoms with Crippen molar-refractivity contribution in [2.75, 3.05) is 33.5 Å². The zero-order valence-corrected chi connectivity index (χ0v) is 11.6. The Labute approximate surface area is 118 Å². The summed E-state index contributed by atoms with van der Waals surface area (Å²) in [7, 11) is 1.63. The Morgan fingerprint density at radius 3 is 3.20 bits per heavy atom. The first-order valence-electron chi connectivity index (χ1n) is 6.61. The minimum Gasteiger partial charge on any atom is -0.491 e. The molecule has 6 heteroatoms. The number of benzene rings is 1. The van der Waals surface area contributed by atoms with Crippen molar-refractivity contribution in [1.29, 1.82) is 0 Å². The van der Waals surface area contributed by atoms with Gasteiger partial charge in [-0.25, -0.2) is 0 Å². The quantitative estimate of drug-likeness (QED) is 0.715. The Morgan fingerprint density at radius 1 is 1.55 bits per heavy atom. The van der Waals surface area contributed by atoms with E-state index in [1.807, 2.05) is 6.07 Å². The van der Waals surface area contributed by atoms with Gasteiger partial charge in [0.2, 0.25) is 0 Å². The molecule has 0 aliphatic carbocycles. The van der Waals surface area contributed by atoms with Gasteiger partial charge in [-0.3, -0.25) is 4.79 Å². The second-order valence-corrected chi connectivity index (χ2v) is 4.60. The number of carbonyl (C=O) groups excluding carboxylic acids is 1. The lowest BCUT2D eigenvalue weighted by Crippen LogP contribution is -2.30. The van der Waals surface area contributed by atoms with E-state index in [9.17, 15) is 4.79 Å². The number of nitrogens with two attached hydrogens (primary N) is 1. The molecule has 1 aliphatic heterocycles. The summed E-state index contributed by atoms with van der Waals surface area (Å²) in [6, 6.07) is 5.35. The number of fused-ring (bicyclic) bond motifs is 1. The van der Waals surface area contributed by atoms with Gasteiger partial charge in [0.15, 0.2) is 6.61 Å². The number of nitrogens with one attached hydrogen (secondary N) is 1. The fourth-order valence-electron chi connectivity index (χ4n) is 1.95. The van der Waals surface area contributed by atoms with Gasteiger partial charge < -0.3 is 25.3 Å². The van der Waals surface area contributed by atoms with Crippen LogP contribution >= 0.6 is 0 Å². The van der Waals surface area contributed by atoms with E-state index in [2.05, 4.69) is 5.32 Å². The van der Waals surface area contributed by atoms with Crippen molar-refractivity contribution >= 4 is 5.91 Å². The average molecular weight is 280 g/mol. The van der Waals surface area contributed by atoms with Crippen LogP contribution in [-0.2, 0) is 9.53 Å². The van der Waals surface area contributed by atoms with Crippen LogP contribution in [0.1, 0.15) is 18.0 Å². The zero-order valence-electron chi connectivity index (χ0n) is 11.6. The van der Waals surface area contributed by atoms with Crippen LogP contribution in [0.5, 0.6) is 11.5 Å². The molecule has 1 aliphatic rings. The minimum absolute atomic E-state index is 0.0160. The van der Waals surface area contributed by atoms with E-state index in [0.29, 0.717) is 25.5 Å². The highest BCUT2D eigenvalue weighted by molar-refractivity contribution is 5.77. The van der Waals surface area contributed by atoms with Gasteiger partial charge in [-0.05, 0) is 18.6 Å².